The molecule has 0 saturated heterocycles. The maximum atomic E-state index is 12.5. The molecule has 2 amide bonds. The van der Waals surface area contributed by atoms with E-state index in [0.29, 0.717) is 11.1 Å². The largest absolute Gasteiger partial charge is 0.269 e. The molecule has 100 valence electrons. The average Bonchev–Trinajstić information content (AvgIpc) is 2.73. The van der Waals surface area contributed by atoms with Crippen molar-refractivity contribution in [2.24, 2.45) is 0 Å². The Bertz CT molecular complexity index is 658. The van der Waals surface area contributed by atoms with Crippen molar-refractivity contribution in [2.75, 3.05) is 0 Å². The topological polar surface area (TPSA) is 50.3 Å². The van der Waals surface area contributed by atoms with Crippen LogP contribution < -0.4 is 0 Å². The van der Waals surface area contributed by atoms with Crippen LogP contribution in [0.3, 0.4) is 0 Å². The van der Waals surface area contributed by atoms with Crippen LogP contribution in [-0.4, -0.2) is 21.7 Å². The molecule has 4 heteroatoms. The van der Waals surface area contributed by atoms with Gasteiger partial charge in [-0.1, -0.05) is 12.1 Å². The number of carbonyl (C=O) groups is 2. The number of amides is 2. The van der Waals surface area contributed by atoms with Gasteiger partial charge in [-0.25, -0.2) is 0 Å². The molecule has 20 heavy (non-hydrogen) atoms. The molecule has 0 saturated carbocycles. The van der Waals surface area contributed by atoms with Crippen molar-refractivity contribution in [2.45, 2.75) is 19.4 Å². The first-order chi connectivity index (χ1) is 9.53. The van der Waals surface area contributed by atoms with Crippen molar-refractivity contribution in [3.8, 4) is 0 Å². The lowest BCUT2D eigenvalue weighted by Crippen LogP contribution is -2.45. The highest BCUT2D eigenvalue weighted by Gasteiger charge is 2.44. The van der Waals surface area contributed by atoms with Crippen LogP contribution in [0.1, 0.15) is 40.1 Å². The van der Waals surface area contributed by atoms with E-state index in [9.17, 15) is 9.59 Å². The predicted octanol–water partition coefficient (Wildman–Crippen LogP) is 2.61. The lowest BCUT2D eigenvalue weighted by atomic mass is 9.93. The maximum Gasteiger partial charge on any atom is 0.262 e. The van der Waals surface area contributed by atoms with Gasteiger partial charge < -0.3 is 0 Å². The van der Waals surface area contributed by atoms with Crippen molar-refractivity contribution in [1.82, 2.24) is 9.88 Å². The SMILES string of the molecule is CC(C)(c1ccncc1)N1C(=O)c2ccccc2C1=O. The number of imide groups is 1. The summed E-state index contributed by atoms with van der Waals surface area (Å²) < 4.78 is 0. The van der Waals surface area contributed by atoms with E-state index in [4.69, 9.17) is 0 Å². The van der Waals surface area contributed by atoms with Crippen molar-refractivity contribution < 1.29 is 9.59 Å². The van der Waals surface area contributed by atoms with E-state index in [1.165, 1.54) is 4.90 Å². The minimum atomic E-state index is -0.712. The van der Waals surface area contributed by atoms with Gasteiger partial charge in [-0.2, -0.15) is 0 Å². The number of nitrogens with zero attached hydrogens (tertiary/aromatic N) is 2. The van der Waals surface area contributed by atoms with Crippen LogP contribution >= 0.6 is 0 Å². The molecule has 1 aromatic heterocycles. The number of fused-ring (bicyclic) bond motifs is 1. The van der Waals surface area contributed by atoms with Crippen molar-refractivity contribution in [3.63, 3.8) is 0 Å². The minimum absolute atomic E-state index is 0.243. The third-order valence-electron chi connectivity index (χ3n) is 3.74. The van der Waals surface area contributed by atoms with Crippen LogP contribution in [-0.2, 0) is 5.54 Å². The van der Waals surface area contributed by atoms with Gasteiger partial charge in [0.25, 0.3) is 11.8 Å². The number of benzene rings is 1. The molecule has 4 nitrogen and oxygen atoms in total. The first kappa shape index (κ1) is 12.5. The van der Waals surface area contributed by atoms with Gasteiger partial charge in [0, 0.05) is 12.4 Å². The molecular formula is C16H14N2O2. The summed E-state index contributed by atoms with van der Waals surface area (Å²) >= 11 is 0. The molecular weight excluding hydrogens is 252 g/mol. The third kappa shape index (κ3) is 1.65. The van der Waals surface area contributed by atoms with Gasteiger partial charge in [-0.05, 0) is 43.7 Å². The highest BCUT2D eigenvalue weighted by atomic mass is 16.2. The van der Waals surface area contributed by atoms with E-state index in [0.717, 1.165) is 5.56 Å². The number of rotatable bonds is 2. The first-order valence-corrected chi connectivity index (χ1v) is 6.42. The fourth-order valence-electron chi connectivity index (χ4n) is 2.59. The van der Waals surface area contributed by atoms with Gasteiger partial charge in [0.05, 0.1) is 16.7 Å². The molecule has 2 aromatic rings. The zero-order valence-electron chi connectivity index (χ0n) is 11.3. The van der Waals surface area contributed by atoms with Crippen LogP contribution in [0.4, 0.5) is 0 Å². The van der Waals surface area contributed by atoms with E-state index >= 15 is 0 Å². The average molecular weight is 266 g/mol. The monoisotopic (exact) mass is 266 g/mol. The Kier molecular flexibility index (Phi) is 2.67. The summed E-state index contributed by atoms with van der Waals surface area (Å²) in [6.07, 6.45) is 3.32. The molecule has 2 heterocycles. The summed E-state index contributed by atoms with van der Waals surface area (Å²) in [6, 6.07) is 10.6. The van der Waals surface area contributed by atoms with E-state index in [1.807, 2.05) is 26.0 Å². The number of hydrogen-bond acceptors (Lipinski definition) is 3. The molecule has 0 fully saturated rings. The van der Waals surface area contributed by atoms with Crippen molar-refractivity contribution >= 4 is 11.8 Å². The molecule has 1 aromatic carbocycles. The second-order valence-corrected chi connectivity index (χ2v) is 5.29. The van der Waals surface area contributed by atoms with Gasteiger partial charge in [-0.15, -0.1) is 0 Å². The van der Waals surface area contributed by atoms with Crippen LogP contribution in [0.15, 0.2) is 48.8 Å². The van der Waals surface area contributed by atoms with E-state index < -0.39 is 5.54 Å². The van der Waals surface area contributed by atoms with E-state index in [1.54, 1.807) is 36.7 Å². The summed E-state index contributed by atoms with van der Waals surface area (Å²) in [4.78, 5) is 30.3. The zero-order chi connectivity index (χ0) is 14.3. The Hall–Kier alpha value is -2.49. The van der Waals surface area contributed by atoms with Crippen LogP contribution in [0, 0.1) is 0 Å². The van der Waals surface area contributed by atoms with Crippen LogP contribution in [0.2, 0.25) is 0 Å². The Labute approximate surface area is 117 Å². The smallest absolute Gasteiger partial charge is 0.262 e. The minimum Gasteiger partial charge on any atom is -0.269 e. The summed E-state index contributed by atoms with van der Waals surface area (Å²) in [5.41, 5.74) is 1.11. The molecule has 3 rings (SSSR count). The molecule has 0 bridgehead atoms. The highest BCUT2D eigenvalue weighted by Crippen LogP contribution is 2.35. The quantitative estimate of drug-likeness (QED) is 0.785. The van der Waals surface area contributed by atoms with E-state index in [-0.39, 0.29) is 11.8 Å². The van der Waals surface area contributed by atoms with Crippen LogP contribution in [0.5, 0.6) is 0 Å². The van der Waals surface area contributed by atoms with Gasteiger partial charge in [-0.3, -0.25) is 19.5 Å². The molecule has 0 spiro atoms. The fraction of sp³-hybridized carbons (Fsp3) is 0.188. The number of carbonyl (C=O) groups excluding carboxylic acids is 2. The molecule has 0 atom stereocenters. The molecule has 1 aliphatic heterocycles. The van der Waals surface area contributed by atoms with Crippen molar-refractivity contribution in [1.29, 1.82) is 0 Å². The fourth-order valence-corrected chi connectivity index (χ4v) is 2.59. The number of pyridine rings is 1. The summed E-state index contributed by atoms with van der Waals surface area (Å²) in [7, 11) is 0. The first-order valence-electron chi connectivity index (χ1n) is 6.42. The summed E-state index contributed by atoms with van der Waals surface area (Å²) in [5, 5.41) is 0. The lowest BCUT2D eigenvalue weighted by Gasteiger charge is -2.34. The second kappa shape index (κ2) is 4.27. The number of aromatic nitrogens is 1. The van der Waals surface area contributed by atoms with Crippen LogP contribution in [0.25, 0.3) is 0 Å². The van der Waals surface area contributed by atoms with Gasteiger partial charge in [0.1, 0.15) is 0 Å². The summed E-state index contributed by atoms with van der Waals surface area (Å²) in [6.45, 7) is 3.73. The maximum absolute atomic E-state index is 12.5. The predicted molar refractivity (Wildman–Crippen MR) is 74.2 cm³/mol. The Morgan fingerprint density at radius 1 is 0.900 bits per heavy atom. The van der Waals surface area contributed by atoms with Gasteiger partial charge in [0.2, 0.25) is 0 Å². The molecule has 0 aliphatic carbocycles. The molecule has 0 N–H and O–H groups in total. The van der Waals surface area contributed by atoms with Gasteiger partial charge in [0.15, 0.2) is 0 Å². The standard InChI is InChI=1S/C16H14N2O2/c1-16(2,11-7-9-17-10-8-11)18-14(19)12-5-3-4-6-13(12)15(18)20/h3-10H,1-2H3. The molecule has 1 aliphatic rings. The third-order valence-corrected chi connectivity index (χ3v) is 3.74. The zero-order valence-corrected chi connectivity index (χ0v) is 11.3. The second-order valence-electron chi connectivity index (χ2n) is 5.29. The molecule has 0 radical (unpaired) electrons. The summed E-state index contributed by atoms with van der Waals surface area (Å²) in [5.74, 6) is -0.486. The normalized spacial score (nSPS) is 14.6. The van der Waals surface area contributed by atoms with Crippen molar-refractivity contribution in [3.05, 3.63) is 65.5 Å². The highest BCUT2D eigenvalue weighted by molar-refractivity contribution is 6.21. The van der Waals surface area contributed by atoms with E-state index in [2.05, 4.69) is 4.98 Å². The Morgan fingerprint density at radius 3 is 1.90 bits per heavy atom. The lowest BCUT2D eigenvalue weighted by molar-refractivity contribution is 0.0475. The molecule has 0 unspecified atom stereocenters. The number of hydrogen-bond donors (Lipinski definition) is 0. The Balaban J connectivity index is 2.09. The van der Waals surface area contributed by atoms with Gasteiger partial charge >= 0.3 is 0 Å². The Morgan fingerprint density at radius 2 is 1.40 bits per heavy atom.